The number of ether oxygens (including phenoxy) is 1. The molecule has 100 valence electrons. The van der Waals surface area contributed by atoms with Crippen LogP contribution < -0.4 is 16.2 Å². The lowest BCUT2D eigenvalue weighted by atomic mass is 9.96. The smallest absolute Gasteiger partial charge is 0.120 e. The number of rotatable bonds is 4. The zero-order valence-corrected chi connectivity index (χ0v) is 11.7. The van der Waals surface area contributed by atoms with Gasteiger partial charge in [0.15, 0.2) is 0 Å². The minimum absolute atomic E-state index is 0.397. The molecular formula is C14H22N2OS. The van der Waals surface area contributed by atoms with Gasteiger partial charge >= 0.3 is 0 Å². The molecule has 0 atom stereocenters. The Morgan fingerprint density at radius 2 is 2.00 bits per heavy atom. The quantitative estimate of drug-likeness (QED) is 0.822. The summed E-state index contributed by atoms with van der Waals surface area (Å²) in [5.74, 6) is 0.904. The van der Waals surface area contributed by atoms with Crippen LogP contribution in [0, 0.1) is 0 Å². The lowest BCUT2D eigenvalue weighted by Gasteiger charge is -2.26. The van der Waals surface area contributed by atoms with Crippen LogP contribution in [0.25, 0.3) is 0 Å². The Morgan fingerprint density at radius 3 is 2.67 bits per heavy atom. The molecule has 0 radical (unpaired) electrons. The average Bonchev–Trinajstić information content (AvgIpc) is 2.36. The van der Waals surface area contributed by atoms with Crippen LogP contribution in [0.15, 0.2) is 23.1 Å². The van der Waals surface area contributed by atoms with Crippen LogP contribution in [0.2, 0.25) is 0 Å². The van der Waals surface area contributed by atoms with Gasteiger partial charge in [-0.2, -0.15) is 0 Å². The molecule has 1 fully saturated rings. The number of benzene rings is 1. The van der Waals surface area contributed by atoms with Gasteiger partial charge in [0.05, 0.1) is 6.61 Å². The summed E-state index contributed by atoms with van der Waals surface area (Å²) in [6.45, 7) is 2.68. The molecule has 0 bridgehead atoms. The van der Waals surface area contributed by atoms with Gasteiger partial charge in [-0.15, -0.1) is 11.8 Å². The van der Waals surface area contributed by atoms with E-state index in [-0.39, 0.29) is 0 Å². The largest absolute Gasteiger partial charge is 0.494 e. The van der Waals surface area contributed by atoms with Gasteiger partial charge in [0, 0.05) is 21.9 Å². The van der Waals surface area contributed by atoms with E-state index in [0.29, 0.717) is 17.9 Å². The highest BCUT2D eigenvalue weighted by atomic mass is 32.2. The predicted octanol–water partition coefficient (Wildman–Crippen LogP) is 3.03. The maximum absolute atomic E-state index is 6.03. The minimum atomic E-state index is 0.397. The van der Waals surface area contributed by atoms with Crippen LogP contribution in [-0.4, -0.2) is 17.9 Å². The van der Waals surface area contributed by atoms with Crippen LogP contribution in [0.1, 0.15) is 32.6 Å². The molecule has 4 N–H and O–H groups in total. The van der Waals surface area contributed by atoms with Gasteiger partial charge in [-0.05, 0) is 50.8 Å². The van der Waals surface area contributed by atoms with E-state index in [2.05, 4.69) is 6.07 Å². The zero-order valence-electron chi connectivity index (χ0n) is 10.9. The van der Waals surface area contributed by atoms with Gasteiger partial charge < -0.3 is 16.2 Å². The van der Waals surface area contributed by atoms with Gasteiger partial charge in [-0.3, -0.25) is 0 Å². The third-order valence-electron chi connectivity index (χ3n) is 3.31. The van der Waals surface area contributed by atoms with Crippen molar-refractivity contribution in [3.63, 3.8) is 0 Å². The van der Waals surface area contributed by atoms with Crippen LogP contribution in [0.3, 0.4) is 0 Å². The van der Waals surface area contributed by atoms with Crippen molar-refractivity contribution in [3.05, 3.63) is 18.2 Å². The lowest BCUT2D eigenvalue weighted by molar-refractivity contribution is 0.339. The van der Waals surface area contributed by atoms with Gasteiger partial charge in [-0.1, -0.05) is 0 Å². The third-order valence-corrected chi connectivity index (χ3v) is 4.72. The molecule has 0 unspecified atom stereocenters. The number of hydrogen-bond donors (Lipinski definition) is 2. The fourth-order valence-electron chi connectivity index (χ4n) is 2.26. The van der Waals surface area contributed by atoms with E-state index in [1.54, 1.807) is 0 Å². The lowest BCUT2D eigenvalue weighted by Crippen LogP contribution is -2.27. The molecular weight excluding hydrogens is 244 g/mol. The van der Waals surface area contributed by atoms with E-state index in [0.717, 1.165) is 29.2 Å². The molecule has 1 aromatic rings. The zero-order chi connectivity index (χ0) is 13.0. The van der Waals surface area contributed by atoms with Crippen molar-refractivity contribution in [3.8, 4) is 5.75 Å². The molecule has 1 aliphatic rings. The van der Waals surface area contributed by atoms with Crippen molar-refractivity contribution in [1.29, 1.82) is 0 Å². The maximum atomic E-state index is 6.03. The van der Waals surface area contributed by atoms with Crippen molar-refractivity contribution >= 4 is 17.4 Å². The SMILES string of the molecule is CCOc1ccc(N)c(SC2CCC(N)CC2)c1. The second-order valence-electron chi connectivity index (χ2n) is 4.79. The van der Waals surface area contributed by atoms with Crippen LogP contribution >= 0.6 is 11.8 Å². The number of thioether (sulfide) groups is 1. The van der Waals surface area contributed by atoms with Gasteiger partial charge in [0.1, 0.15) is 5.75 Å². The first-order valence-corrected chi connectivity index (χ1v) is 7.51. The molecule has 0 amide bonds. The van der Waals surface area contributed by atoms with Crippen LogP contribution in [0.5, 0.6) is 5.75 Å². The molecule has 0 saturated heterocycles. The number of anilines is 1. The number of nitrogens with two attached hydrogens (primary N) is 2. The molecule has 0 aromatic heterocycles. The highest BCUT2D eigenvalue weighted by Gasteiger charge is 2.20. The van der Waals surface area contributed by atoms with E-state index in [4.69, 9.17) is 16.2 Å². The average molecular weight is 266 g/mol. The van der Waals surface area contributed by atoms with Crippen molar-refractivity contribution in [2.45, 2.75) is 48.8 Å². The Bertz CT molecular complexity index is 389. The maximum Gasteiger partial charge on any atom is 0.120 e. The normalized spacial score (nSPS) is 23.9. The molecule has 1 aliphatic carbocycles. The topological polar surface area (TPSA) is 61.3 Å². The number of hydrogen-bond acceptors (Lipinski definition) is 4. The minimum Gasteiger partial charge on any atom is -0.494 e. The third kappa shape index (κ3) is 3.56. The highest BCUT2D eigenvalue weighted by molar-refractivity contribution is 8.00. The second kappa shape index (κ2) is 6.34. The fourth-order valence-corrected chi connectivity index (χ4v) is 3.51. The summed E-state index contributed by atoms with van der Waals surface area (Å²) in [6.07, 6.45) is 4.62. The van der Waals surface area contributed by atoms with E-state index >= 15 is 0 Å². The Hall–Kier alpha value is -0.870. The Labute approximate surface area is 113 Å². The van der Waals surface area contributed by atoms with E-state index in [1.807, 2.05) is 30.8 Å². The Morgan fingerprint density at radius 1 is 1.28 bits per heavy atom. The molecule has 18 heavy (non-hydrogen) atoms. The predicted molar refractivity (Wildman–Crippen MR) is 78.1 cm³/mol. The van der Waals surface area contributed by atoms with Crippen molar-refractivity contribution in [2.24, 2.45) is 5.73 Å². The summed E-state index contributed by atoms with van der Waals surface area (Å²) in [7, 11) is 0. The summed E-state index contributed by atoms with van der Waals surface area (Å²) in [5.41, 5.74) is 12.8. The molecule has 1 aromatic carbocycles. The molecule has 3 nitrogen and oxygen atoms in total. The molecule has 0 heterocycles. The van der Waals surface area contributed by atoms with Gasteiger partial charge in [0.25, 0.3) is 0 Å². The van der Waals surface area contributed by atoms with Crippen molar-refractivity contribution < 1.29 is 4.74 Å². The summed E-state index contributed by atoms with van der Waals surface area (Å²) in [6, 6.07) is 6.31. The highest BCUT2D eigenvalue weighted by Crippen LogP contribution is 2.37. The van der Waals surface area contributed by atoms with Gasteiger partial charge in [0.2, 0.25) is 0 Å². The Kier molecular flexibility index (Phi) is 4.78. The summed E-state index contributed by atoms with van der Waals surface area (Å²) >= 11 is 1.87. The second-order valence-corrected chi connectivity index (χ2v) is 6.13. The van der Waals surface area contributed by atoms with Crippen molar-refractivity contribution in [2.75, 3.05) is 12.3 Å². The molecule has 0 spiro atoms. The number of nitrogen functional groups attached to an aromatic ring is 1. The monoisotopic (exact) mass is 266 g/mol. The summed E-state index contributed by atoms with van der Waals surface area (Å²) in [5, 5.41) is 0.643. The first-order chi connectivity index (χ1) is 8.69. The fraction of sp³-hybridized carbons (Fsp3) is 0.571. The molecule has 2 rings (SSSR count). The standard InChI is InChI=1S/C14H22N2OS/c1-2-17-11-5-8-13(16)14(9-11)18-12-6-3-10(15)4-7-12/h5,8-10,12H,2-4,6-7,15-16H2,1H3. The summed E-state index contributed by atoms with van der Waals surface area (Å²) < 4.78 is 5.52. The molecule has 1 saturated carbocycles. The van der Waals surface area contributed by atoms with Crippen LogP contribution in [0.4, 0.5) is 5.69 Å². The van der Waals surface area contributed by atoms with Gasteiger partial charge in [-0.25, -0.2) is 0 Å². The molecule has 0 aliphatic heterocycles. The van der Waals surface area contributed by atoms with E-state index in [9.17, 15) is 0 Å². The van der Waals surface area contributed by atoms with E-state index in [1.165, 1.54) is 12.8 Å². The Balaban J connectivity index is 2.01. The first kappa shape index (κ1) is 13.6. The van der Waals surface area contributed by atoms with Crippen LogP contribution in [-0.2, 0) is 0 Å². The first-order valence-electron chi connectivity index (χ1n) is 6.63. The molecule has 4 heteroatoms. The summed E-state index contributed by atoms with van der Waals surface area (Å²) in [4.78, 5) is 1.14. The van der Waals surface area contributed by atoms with E-state index < -0.39 is 0 Å². The van der Waals surface area contributed by atoms with Crippen molar-refractivity contribution in [1.82, 2.24) is 0 Å².